The van der Waals surface area contributed by atoms with Crippen molar-refractivity contribution in [2.75, 3.05) is 6.61 Å². The van der Waals surface area contributed by atoms with Crippen LogP contribution in [-0.4, -0.2) is 11.7 Å². The molecule has 0 saturated heterocycles. The Kier molecular flexibility index (Phi) is 2.70. The molecule has 2 heteroatoms. The van der Waals surface area contributed by atoms with Crippen LogP contribution in [0, 0.1) is 5.92 Å². The van der Waals surface area contributed by atoms with Crippen LogP contribution in [0.1, 0.15) is 32.3 Å². The molecule has 2 nitrogen and oxygen atoms in total. The average Bonchev–Trinajstić information content (AvgIpc) is 2.86. The third-order valence-corrected chi connectivity index (χ3v) is 3.08. The first-order chi connectivity index (χ1) is 7.16. The van der Waals surface area contributed by atoms with Crippen LogP contribution >= 0.6 is 0 Å². The van der Waals surface area contributed by atoms with Crippen molar-refractivity contribution in [3.05, 3.63) is 29.8 Å². The molecule has 2 rings (SSSR count). The van der Waals surface area contributed by atoms with Crippen LogP contribution in [0.2, 0.25) is 0 Å². The van der Waals surface area contributed by atoms with E-state index in [0.29, 0.717) is 5.92 Å². The summed E-state index contributed by atoms with van der Waals surface area (Å²) in [6.07, 6.45) is 1.87. The number of rotatable bonds is 4. The lowest BCUT2D eigenvalue weighted by Crippen LogP contribution is -2.07. The molecule has 2 unspecified atom stereocenters. The standard InChI is InChI=1S/C13H18O2/c1-3-7-15-12-6-4-5-11(8-12)13(14)9-10(13)2/h4-6,8,10,14H,3,7,9H2,1-2H3. The van der Waals surface area contributed by atoms with Gasteiger partial charge in [0.1, 0.15) is 5.75 Å². The summed E-state index contributed by atoms with van der Waals surface area (Å²) in [7, 11) is 0. The van der Waals surface area contributed by atoms with Crippen LogP contribution in [0.3, 0.4) is 0 Å². The van der Waals surface area contributed by atoms with E-state index in [1.54, 1.807) is 0 Å². The van der Waals surface area contributed by atoms with Crippen molar-refractivity contribution in [3.8, 4) is 5.75 Å². The Morgan fingerprint density at radius 3 is 2.87 bits per heavy atom. The van der Waals surface area contributed by atoms with Crippen LogP contribution in [0.15, 0.2) is 24.3 Å². The van der Waals surface area contributed by atoms with Gasteiger partial charge < -0.3 is 9.84 Å². The summed E-state index contributed by atoms with van der Waals surface area (Å²) in [6, 6.07) is 7.82. The van der Waals surface area contributed by atoms with Gasteiger partial charge in [0.2, 0.25) is 0 Å². The van der Waals surface area contributed by atoms with Gasteiger partial charge in [0, 0.05) is 0 Å². The van der Waals surface area contributed by atoms with E-state index in [0.717, 1.165) is 30.8 Å². The van der Waals surface area contributed by atoms with Gasteiger partial charge in [-0.15, -0.1) is 0 Å². The maximum atomic E-state index is 10.2. The average molecular weight is 206 g/mol. The lowest BCUT2D eigenvalue weighted by Gasteiger charge is -2.11. The smallest absolute Gasteiger partial charge is 0.119 e. The number of ether oxygens (including phenoxy) is 1. The van der Waals surface area contributed by atoms with Gasteiger partial charge in [-0.25, -0.2) is 0 Å². The second kappa shape index (κ2) is 3.86. The predicted molar refractivity (Wildman–Crippen MR) is 59.9 cm³/mol. The first-order valence-electron chi connectivity index (χ1n) is 5.62. The summed E-state index contributed by atoms with van der Waals surface area (Å²) in [5.41, 5.74) is 0.398. The van der Waals surface area contributed by atoms with Gasteiger partial charge in [0.05, 0.1) is 12.2 Å². The molecule has 0 amide bonds. The van der Waals surface area contributed by atoms with E-state index < -0.39 is 5.60 Å². The van der Waals surface area contributed by atoms with Crippen molar-refractivity contribution in [2.24, 2.45) is 5.92 Å². The van der Waals surface area contributed by atoms with Crippen molar-refractivity contribution >= 4 is 0 Å². The summed E-state index contributed by atoms with van der Waals surface area (Å²) in [5.74, 6) is 1.24. The lowest BCUT2D eigenvalue weighted by molar-refractivity contribution is 0.134. The zero-order chi connectivity index (χ0) is 10.9. The molecule has 1 aliphatic rings. The van der Waals surface area contributed by atoms with Gasteiger partial charge in [-0.1, -0.05) is 26.0 Å². The molecular weight excluding hydrogens is 188 g/mol. The topological polar surface area (TPSA) is 29.5 Å². The van der Waals surface area contributed by atoms with Crippen molar-refractivity contribution in [3.63, 3.8) is 0 Å². The van der Waals surface area contributed by atoms with Crippen LogP contribution in [0.4, 0.5) is 0 Å². The molecule has 1 aromatic carbocycles. The quantitative estimate of drug-likeness (QED) is 0.820. The molecule has 2 atom stereocenters. The van der Waals surface area contributed by atoms with Crippen molar-refractivity contribution in [2.45, 2.75) is 32.3 Å². The summed E-state index contributed by atoms with van der Waals surface area (Å²) < 4.78 is 5.54. The summed E-state index contributed by atoms with van der Waals surface area (Å²) >= 11 is 0. The Balaban J connectivity index is 2.13. The summed E-state index contributed by atoms with van der Waals surface area (Å²) in [6.45, 7) is 4.89. The van der Waals surface area contributed by atoms with Crippen LogP contribution < -0.4 is 4.74 Å². The Bertz CT molecular complexity index is 348. The van der Waals surface area contributed by atoms with E-state index in [-0.39, 0.29) is 0 Å². The lowest BCUT2D eigenvalue weighted by atomic mass is 10.1. The van der Waals surface area contributed by atoms with Gasteiger partial charge >= 0.3 is 0 Å². The Morgan fingerprint density at radius 1 is 1.53 bits per heavy atom. The highest BCUT2D eigenvalue weighted by molar-refractivity contribution is 5.36. The highest BCUT2D eigenvalue weighted by Gasteiger charge is 2.50. The largest absolute Gasteiger partial charge is 0.494 e. The van der Waals surface area contributed by atoms with Gasteiger partial charge in [-0.3, -0.25) is 0 Å². The van der Waals surface area contributed by atoms with Crippen molar-refractivity contribution in [1.82, 2.24) is 0 Å². The Hall–Kier alpha value is -1.02. The highest BCUT2D eigenvalue weighted by Crippen LogP contribution is 2.51. The number of benzene rings is 1. The first kappa shape index (κ1) is 10.5. The molecule has 0 heterocycles. The fourth-order valence-corrected chi connectivity index (χ4v) is 1.89. The highest BCUT2D eigenvalue weighted by atomic mass is 16.5. The maximum Gasteiger partial charge on any atom is 0.119 e. The molecule has 1 saturated carbocycles. The second-order valence-corrected chi connectivity index (χ2v) is 4.41. The normalized spacial score (nSPS) is 28.9. The molecule has 1 aliphatic carbocycles. The summed E-state index contributed by atoms with van der Waals surface area (Å²) in [4.78, 5) is 0. The molecule has 1 aromatic rings. The van der Waals surface area contributed by atoms with E-state index in [4.69, 9.17) is 4.74 Å². The Labute approximate surface area is 90.9 Å². The molecule has 0 aromatic heterocycles. The molecular formula is C13H18O2. The minimum absolute atomic E-state index is 0.374. The molecule has 0 spiro atoms. The Morgan fingerprint density at radius 2 is 2.27 bits per heavy atom. The fraction of sp³-hybridized carbons (Fsp3) is 0.538. The van der Waals surface area contributed by atoms with E-state index >= 15 is 0 Å². The molecule has 82 valence electrons. The zero-order valence-electron chi connectivity index (χ0n) is 9.36. The second-order valence-electron chi connectivity index (χ2n) is 4.41. The van der Waals surface area contributed by atoms with Crippen molar-refractivity contribution in [1.29, 1.82) is 0 Å². The third-order valence-electron chi connectivity index (χ3n) is 3.08. The molecule has 0 bridgehead atoms. The summed E-state index contributed by atoms with van der Waals surface area (Å²) in [5, 5.41) is 10.2. The monoisotopic (exact) mass is 206 g/mol. The van der Waals surface area contributed by atoms with E-state index in [2.05, 4.69) is 13.8 Å². The number of aliphatic hydroxyl groups is 1. The molecule has 1 N–H and O–H groups in total. The van der Waals surface area contributed by atoms with Crippen LogP contribution in [0.25, 0.3) is 0 Å². The third kappa shape index (κ3) is 2.00. The minimum Gasteiger partial charge on any atom is -0.494 e. The van der Waals surface area contributed by atoms with E-state index in [1.807, 2.05) is 24.3 Å². The minimum atomic E-state index is -0.592. The molecule has 1 fully saturated rings. The number of hydrogen-bond donors (Lipinski definition) is 1. The van der Waals surface area contributed by atoms with Gasteiger partial charge in [0.25, 0.3) is 0 Å². The number of hydrogen-bond acceptors (Lipinski definition) is 2. The molecule has 0 radical (unpaired) electrons. The maximum absolute atomic E-state index is 10.2. The SMILES string of the molecule is CCCOc1cccc(C2(O)CC2C)c1. The van der Waals surface area contributed by atoms with E-state index in [9.17, 15) is 5.11 Å². The first-order valence-corrected chi connectivity index (χ1v) is 5.62. The van der Waals surface area contributed by atoms with Gasteiger partial charge in [0.15, 0.2) is 0 Å². The van der Waals surface area contributed by atoms with Crippen LogP contribution in [0.5, 0.6) is 5.75 Å². The fourth-order valence-electron chi connectivity index (χ4n) is 1.89. The predicted octanol–water partition coefficient (Wildman–Crippen LogP) is 2.70. The van der Waals surface area contributed by atoms with Gasteiger partial charge in [-0.05, 0) is 36.5 Å². The molecule has 15 heavy (non-hydrogen) atoms. The molecule has 0 aliphatic heterocycles. The van der Waals surface area contributed by atoms with Crippen LogP contribution in [-0.2, 0) is 5.60 Å². The zero-order valence-corrected chi connectivity index (χ0v) is 9.36. The van der Waals surface area contributed by atoms with Crippen molar-refractivity contribution < 1.29 is 9.84 Å². The van der Waals surface area contributed by atoms with E-state index in [1.165, 1.54) is 0 Å². The van der Waals surface area contributed by atoms with Gasteiger partial charge in [-0.2, -0.15) is 0 Å².